The summed E-state index contributed by atoms with van der Waals surface area (Å²) in [6.45, 7) is 3.81. The zero-order valence-corrected chi connectivity index (χ0v) is 12.4. The second-order valence-corrected chi connectivity index (χ2v) is 6.64. The Bertz CT molecular complexity index is 284. The summed E-state index contributed by atoms with van der Waals surface area (Å²) in [5.74, 6) is 1.55. The maximum Gasteiger partial charge on any atom is 0.223 e. The van der Waals surface area contributed by atoms with Gasteiger partial charge in [0.15, 0.2) is 0 Å². The second-order valence-electron chi connectivity index (χ2n) is 6.64. The Morgan fingerprint density at radius 3 is 2.37 bits per heavy atom. The Hall–Kier alpha value is -0.570. The summed E-state index contributed by atoms with van der Waals surface area (Å²) >= 11 is 0. The highest BCUT2D eigenvalue weighted by Crippen LogP contribution is 2.28. The standard InChI is InChI=1S/C16H30N2O/c1-13-8-9-15(11-17)12-18(13)16(19)10-14-6-4-2-3-5-7-14/h13-15H,2-12,17H2,1H3. The van der Waals surface area contributed by atoms with Gasteiger partial charge in [0.25, 0.3) is 0 Å². The summed E-state index contributed by atoms with van der Waals surface area (Å²) in [4.78, 5) is 14.7. The van der Waals surface area contributed by atoms with Crippen LogP contribution in [-0.4, -0.2) is 29.9 Å². The van der Waals surface area contributed by atoms with Crippen LogP contribution < -0.4 is 5.73 Å². The lowest BCUT2D eigenvalue weighted by atomic mass is 9.91. The molecule has 2 aliphatic rings. The quantitative estimate of drug-likeness (QED) is 0.798. The fraction of sp³-hybridized carbons (Fsp3) is 0.938. The number of rotatable bonds is 3. The first-order valence-corrected chi connectivity index (χ1v) is 8.20. The molecule has 0 bridgehead atoms. The number of carbonyl (C=O) groups is 1. The maximum absolute atomic E-state index is 12.5. The van der Waals surface area contributed by atoms with E-state index in [-0.39, 0.29) is 0 Å². The Labute approximate surface area is 117 Å². The zero-order valence-electron chi connectivity index (χ0n) is 12.4. The Morgan fingerprint density at radius 2 is 1.74 bits per heavy atom. The van der Waals surface area contributed by atoms with Gasteiger partial charge >= 0.3 is 0 Å². The molecule has 0 aromatic heterocycles. The number of nitrogens with two attached hydrogens (primary N) is 1. The van der Waals surface area contributed by atoms with Crippen molar-refractivity contribution < 1.29 is 4.79 Å². The van der Waals surface area contributed by atoms with Crippen molar-refractivity contribution in [2.45, 2.75) is 70.8 Å². The highest BCUT2D eigenvalue weighted by atomic mass is 16.2. The van der Waals surface area contributed by atoms with Crippen LogP contribution in [0.3, 0.4) is 0 Å². The van der Waals surface area contributed by atoms with Gasteiger partial charge in [0.1, 0.15) is 0 Å². The molecule has 1 aliphatic heterocycles. The molecule has 2 fully saturated rings. The van der Waals surface area contributed by atoms with E-state index in [1.807, 2.05) is 0 Å². The van der Waals surface area contributed by atoms with Crippen molar-refractivity contribution in [3.63, 3.8) is 0 Å². The van der Waals surface area contributed by atoms with Crippen LogP contribution in [0.15, 0.2) is 0 Å². The van der Waals surface area contributed by atoms with Gasteiger partial charge in [0, 0.05) is 19.0 Å². The Morgan fingerprint density at radius 1 is 1.05 bits per heavy atom. The average Bonchev–Trinajstić information content (AvgIpc) is 2.68. The van der Waals surface area contributed by atoms with E-state index in [0.717, 1.165) is 25.9 Å². The van der Waals surface area contributed by atoms with E-state index < -0.39 is 0 Å². The second kappa shape index (κ2) is 7.28. The number of nitrogens with zero attached hydrogens (tertiary/aromatic N) is 1. The summed E-state index contributed by atoms with van der Waals surface area (Å²) in [5, 5.41) is 0. The number of likely N-dealkylation sites (tertiary alicyclic amines) is 1. The van der Waals surface area contributed by atoms with Crippen molar-refractivity contribution in [3.05, 3.63) is 0 Å². The summed E-state index contributed by atoms with van der Waals surface area (Å²) in [6, 6.07) is 0.418. The summed E-state index contributed by atoms with van der Waals surface area (Å²) < 4.78 is 0. The van der Waals surface area contributed by atoms with Gasteiger partial charge < -0.3 is 10.6 Å². The van der Waals surface area contributed by atoms with Crippen LogP contribution in [-0.2, 0) is 4.79 Å². The number of carbonyl (C=O) groups excluding carboxylic acids is 1. The molecule has 19 heavy (non-hydrogen) atoms. The lowest BCUT2D eigenvalue weighted by Crippen LogP contribution is -2.47. The van der Waals surface area contributed by atoms with Crippen LogP contribution in [0.4, 0.5) is 0 Å². The molecule has 0 radical (unpaired) electrons. The molecule has 0 aromatic rings. The molecule has 1 aliphatic carbocycles. The third-order valence-electron chi connectivity index (χ3n) is 5.07. The summed E-state index contributed by atoms with van der Waals surface area (Å²) in [5.41, 5.74) is 5.78. The summed E-state index contributed by atoms with van der Waals surface area (Å²) in [7, 11) is 0. The van der Waals surface area contributed by atoms with E-state index >= 15 is 0 Å². The van der Waals surface area contributed by atoms with E-state index in [1.165, 1.54) is 44.9 Å². The zero-order chi connectivity index (χ0) is 13.7. The maximum atomic E-state index is 12.5. The van der Waals surface area contributed by atoms with Crippen molar-refractivity contribution in [3.8, 4) is 0 Å². The molecular formula is C16H30N2O. The van der Waals surface area contributed by atoms with Crippen LogP contribution in [0.5, 0.6) is 0 Å². The van der Waals surface area contributed by atoms with Crippen molar-refractivity contribution in [2.75, 3.05) is 13.1 Å². The predicted octanol–water partition coefficient (Wildman–Crippen LogP) is 2.93. The minimum Gasteiger partial charge on any atom is -0.340 e. The summed E-state index contributed by atoms with van der Waals surface area (Å²) in [6.07, 6.45) is 11.0. The molecule has 0 aromatic carbocycles. The van der Waals surface area contributed by atoms with Crippen molar-refractivity contribution in [1.82, 2.24) is 4.90 Å². The normalized spacial score (nSPS) is 30.1. The molecular weight excluding hydrogens is 236 g/mol. The predicted molar refractivity (Wildman–Crippen MR) is 78.8 cm³/mol. The smallest absolute Gasteiger partial charge is 0.223 e. The number of hydrogen-bond acceptors (Lipinski definition) is 2. The number of piperidine rings is 1. The number of amides is 1. The van der Waals surface area contributed by atoms with Gasteiger partial charge in [-0.15, -0.1) is 0 Å². The van der Waals surface area contributed by atoms with Gasteiger partial charge in [-0.3, -0.25) is 4.79 Å². The lowest BCUT2D eigenvalue weighted by molar-refractivity contribution is -0.136. The molecule has 2 unspecified atom stereocenters. The van der Waals surface area contributed by atoms with Gasteiger partial charge in [-0.05, 0) is 51.0 Å². The SMILES string of the molecule is CC1CCC(CN)CN1C(=O)CC1CCCCCC1. The number of hydrogen-bond donors (Lipinski definition) is 1. The molecule has 3 nitrogen and oxygen atoms in total. The molecule has 1 heterocycles. The monoisotopic (exact) mass is 266 g/mol. The lowest BCUT2D eigenvalue weighted by Gasteiger charge is -2.38. The average molecular weight is 266 g/mol. The van der Waals surface area contributed by atoms with Crippen molar-refractivity contribution in [2.24, 2.45) is 17.6 Å². The van der Waals surface area contributed by atoms with Crippen LogP contribution in [0.25, 0.3) is 0 Å². The van der Waals surface area contributed by atoms with Crippen LogP contribution in [0.1, 0.15) is 64.7 Å². The highest BCUT2D eigenvalue weighted by molar-refractivity contribution is 5.76. The molecule has 1 amide bonds. The van der Waals surface area contributed by atoms with E-state index in [0.29, 0.717) is 23.8 Å². The first-order valence-electron chi connectivity index (χ1n) is 8.20. The van der Waals surface area contributed by atoms with E-state index in [4.69, 9.17) is 5.73 Å². The minimum atomic E-state index is 0.387. The minimum absolute atomic E-state index is 0.387. The third kappa shape index (κ3) is 4.20. The first kappa shape index (κ1) is 14.8. The molecule has 2 atom stereocenters. The largest absolute Gasteiger partial charge is 0.340 e. The molecule has 2 N–H and O–H groups in total. The fourth-order valence-corrected chi connectivity index (χ4v) is 3.65. The van der Waals surface area contributed by atoms with Gasteiger partial charge in [-0.25, -0.2) is 0 Å². The molecule has 3 heteroatoms. The molecule has 1 saturated heterocycles. The van der Waals surface area contributed by atoms with Gasteiger partial charge in [0.2, 0.25) is 5.91 Å². The first-order chi connectivity index (χ1) is 9.20. The Balaban J connectivity index is 1.86. The van der Waals surface area contributed by atoms with E-state index in [1.54, 1.807) is 0 Å². The highest BCUT2D eigenvalue weighted by Gasteiger charge is 2.29. The molecule has 0 spiro atoms. The Kier molecular flexibility index (Phi) is 5.68. The van der Waals surface area contributed by atoms with Gasteiger partial charge in [-0.2, -0.15) is 0 Å². The van der Waals surface area contributed by atoms with E-state index in [9.17, 15) is 4.79 Å². The van der Waals surface area contributed by atoms with Crippen LogP contribution >= 0.6 is 0 Å². The van der Waals surface area contributed by atoms with Crippen molar-refractivity contribution >= 4 is 5.91 Å². The van der Waals surface area contributed by atoms with E-state index in [2.05, 4.69) is 11.8 Å². The van der Waals surface area contributed by atoms with Gasteiger partial charge in [0.05, 0.1) is 0 Å². The van der Waals surface area contributed by atoms with Gasteiger partial charge in [-0.1, -0.05) is 25.7 Å². The molecule has 1 saturated carbocycles. The topological polar surface area (TPSA) is 46.3 Å². The third-order valence-corrected chi connectivity index (χ3v) is 5.07. The fourth-order valence-electron chi connectivity index (χ4n) is 3.65. The van der Waals surface area contributed by atoms with Crippen LogP contribution in [0.2, 0.25) is 0 Å². The molecule has 110 valence electrons. The molecule has 2 rings (SSSR count). The van der Waals surface area contributed by atoms with Crippen molar-refractivity contribution in [1.29, 1.82) is 0 Å². The van der Waals surface area contributed by atoms with Crippen LogP contribution in [0, 0.1) is 11.8 Å².